The van der Waals surface area contributed by atoms with Gasteiger partial charge in [-0.05, 0) is 12.0 Å². The van der Waals surface area contributed by atoms with Crippen LogP contribution in [0, 0.1) is 0 Å². The highest BCUT2D eigenvalue weighted by Crippen LogP contribution is 2.01. The highest BCUT2D eigenvalue weighted by atomic mass is 16.5. The van der Waals surface area contributed by atoms with Gasteiger partial charge in [0.2, 0.25) is 0 Å². The van der Waals surface area contributed by atoms with Gasteiger partial charge < -0.3 is 9.84 Å². The third-order valence-electron chi connectivity index (χ3n) is 2.21. The van der Waals surface area contributed by atoms with E-state index in [4.69, 9.17) is 4.74 Å². The Balaban J connectivity index is 2.15. The fourth-order valence-electron chi connectivity index (χ4n) is 1.35. The number of hydrogen-bond donors (Lipinski definition) is 1. The molecule has 1 rings (SSSR count). The SMILES string of the molecule is CCC/C=C/C(O)COCc1ccccc1. The molecule has 0 aromatic heterocycles. The summed E-state index contributed by atoms with van der Waals surface area (Å²) in [6.45, 7) is 3.03. The molecule has 0 aliphatic heterocycles. The molecule has 0 aliphatic rings. The Hall–Kier alpha value is -1.12. The first-order chi connectivity index (χ1) is 7.83. The lowest BCUT2D eigenvalue weighted by molar-refractivity contribution is 0.0502. The molecule has 2 nitrogen and oxygen atoms in total. The minimum atomic E-state index is -0.490. The number of unbranched alkanes of at least 4 members (excludes halogenated alkanes) is 1. The van der Waals surface area contributed by atoms with Crippen molar-refractivity contribution in [3.05, 3.63) is 48.0 Å². The molecule has 0 saturated heterocycles. The summed E-state index contributed by atoms with van der Waals surface area (Å²) in [7, 11) is 0. The highest BCUT2D eigenvalue weighted by molar-refractivity contribution is 5.13. The van der Waals surface area contributed by atoms with Crippen molar-refractivity contribution in [2.24, 2.45) is 0 Å². The van der Waals surface area contributed by atoms with Crippen LogP contribution in [0.15, 0.2) is 42.5 Å². The van der Waals surface area contributed by atoms with E-state index < -0.39 is 6.10 Å². The second kappa shape index (κ2) is 8.08. The zero-order valence-corrected chi connectivity index (χ0v) is 9.80. The molecule has 0 aliphatic carbocycles. The van der Waals surface area contributed by atoms with Crippen molar-refractivity contribution in [3.63, 3.8) is 0 Å². The number of hydrogen-bond acceptors (Lipinski definition) is 2. The molecular formula is C14H20O2. The molecule has 1 aromatic carbocycles. The average Bonchev–Trinajstić information content (AvgIpc) is 2.31. The summed E-state index contributed by atoms with van der Waals surface area (Å²) < 4.78 is 5.41. The molecule has 0 radical (unpaired) electrons. The minimum Gasteiger partial charge on any atom is -0.387 e. The lowest BCUT2D eigenvalue weighted by Crippen LogP contribution is -2.11. The Morgan fingerprint density at radius 3 is 2.75 bits per heavy atom. The zero-order chi connectivity index (χ0) is 11.6. The molecule has 16 heavy (non-hydrogen) atoms. The number of aliphatic hydroxyl groups excluding tert-OH is 1. The van der Waals surface area contributed by atoms with E-state index in [2.05, 4.69) is 6.92 Å². The van der Waals surface area contributed by atoms with E-state index in [0.29, 0.717) is 13.2 Å². The van der Waals surface area contributed by atoms with Gasteiger partial charge in [0.15, 0.2) is 0 Å². The molecule has 0 spiro atoms. The molecule has 0 amide bonds. The van der Waals surface area contributed by atoms with Crippen LogP contribution in [0.2, 0.25) is 0 Å². The normalized spacial score (nSPS) is 13.1. The van der Waals surface area contributed by atoms with E-state index in [1.165, 1.54) is 0 Å². The lowest BCUT2D eigenvalue weighted by atomic mass is 10.2. The smallest absolute Gasteiger partial charge is 0.0954 e. The summed E-state index contributed by atoms with van der Waals surface area (Å²) in [4.78, 5) is 0. The summed E-state index contributed by atoms with van der Waals surface area (Å²) in [5, 5.41) is 9.54. The monoisotopic (exact) mass is 220 g/mol. The Morgan fingerprint density at radius 1 is 1.31 bits per heavy atom. The summed E-state index contributed by atoms with van der Waals surface area (Å²) in [5.74, 6) is 0. The van der Waals surface area contributed by atoms with Crippen molar-refractivity contribution in [2.75, 3.05) is 6.61 Å². The molecule has 0 saturated carbocycles. The first-order valence-corrected chi connectivity index (χ1v) is 5.79. The first-order valence-electron chi connectivity index (χ1n) is 5.79. The van der Waals surface area contributed by atoms with Gasteiger partial charge in [-0.3, -0.25) is 0 Å². The van der Waals surface area contributed by atoms with Gasteiger partial charge in [-0.2, -0.15) is 0 Å². The quantitative estimate of drug-likeness (QED) is 0.716. The standard InChI is InChI=1S/C14H20O2/c1-2-3-5-10-14(15)12-16-11-13-8-6-4-7-9-13/h4-10,14-15H,2-3,11-12H2,1H3/b10-5+. The van der Waals surface area contributed by atoms with Crippen LogP contribution < -0.4 is 0 Å². The van der Waals surface area contributed by atoms with Crippen molar-refractivity contribution in [1.82, 2.24) is 0 Å². The van der Waals surface area contributed by atoms with Crippen molar-refractivity contribution >= 4 is 0 Å². The van der Waals surface area contributed by atoms with Gasteiger partial charge in [-0.25, -0.2) is 0 Å². The molecule has 88 valence electrons. The summed E-state index contributed by atoms with van der Waals surface area (Å²) in [6, 6.07) is 9.97. The minimum absolute atomic E-state index is 0.356. The van der Waals surface area contributed by atoms with Crippen molar-refractivity contribution < 1.29 is 9.84 Å². The van der Waals surface area contributed by atoms with E-state index in [9.17, 15) is 5.11 Å². The average molecular weight is 220 g/mol. The van der Waals surface area contributed by atoms with Crippen LogP contribution in [0.4, 0.5) is 0 Å². The maximum atomic E-state index is 9.54. The van der Waals surface area contributed by atoms with Crippen LogP contribution in [0.3, 0.4) is 0 Å². The van der Waals surface area contributed by atoms with E-state index in [1.54, 1.807) is 6.08 Å². The van der Waals surface area contributed by atoms with Gasteiger partial charge >= 0.3 is 0 Å². The third-order valence-corrected chi connectivity index (χ3v) is 2.21. The zero-order valence-electron chi connectivity index (χ0n) is 9.80. The van der Waals surface area contributed by atoms with Crippen LogP contribution in [0.5, 0.6) is 0 Å². The predicted molar refractivity (Wildman–Crippen MR) is 66.2 cm³/mol. The fraction of sp³-hybridized carbons (Fsp3) is 0.429. The van der Waals surface area contributed by atoms with Crippen LogP contribution in [-0.2, 0) is 11.3 Å². The van der Waals surface area contributed by atoms with Gasteiger partial charge in [-0.15, -0.1) is 0 Å². The van der Waals surface area contributed by atoms with Crippen molar-refractivity contribution in [2.45, 2.75) is 32.5 Å². The molecule has 0 bridgehead atoms. The number of ether oxygens (including phenoxy) is 1. The molecular weight excluding hydrogens is 200 g/mol. The second-order valence-electron chi connectivity index (χ2n) is 3.78. The molecule has 1 atom stereocenters. The predicted octanol–water partition coefficient (Wildman–Crippen LogP) is 2.92. The Morgan fingerprint density at radius 2 is 2.06 bits per heavy atom. The fourth-order valence-corrected chi connectivity index (χ4v) is 1.35. The summed E-state index contributed by atoms with van der Waals surface area (Å²) >= 11 is 0. The molecule has 0 heterocycles. The van der Waals surface area contributed by atoms with Gasteiger partial charge in [0.25, 0.3) is 0 Å². The topological polar surface area (TPSA) is 29.5 Å². The summed E-state index contributed by atoms with van der Waals surface area (Å²) in [6.07, 6.45) is 5.42. The van der Waals surface area contributed by atoms with Gasteiger partial charge in [-0.1, -0.05) is 55.8 Å². The van der Waals surface area contributed by atoms with E-state index >= 15 is 0 Å². The Kier molecular flexibility index (Phi) is 6.54. The van der Waals surface area contributed by atoms with Gasteiger partial charge in [0.05, 0.1) is 19.3 Å². The molecule has 1 N–H and O–H groups in total. The van der Waals surface area contributed by atoms with Crippen molar-refractivity contribution in [3.8, 4) is 0 Å². The molecule has 0 fully saturated rings. The largest absolute Gasteiger partial charge is 0.387 e. The number of aliphatic hydroxyl groups is 1. The van der Waals surface area contributed by atoms with E-state index in [-0.39, 0.29) is 0 Å². The van der Waals surface area contributed by atoms with E-state index in [0.717, 1.165) is 18.4 Å². The second-order valence-corrected chi connectivity index (χ2v) is 3.78. The third kappa shape index (κ3) is 5.69. The maximum absolute atomic E-state index is 9.54. The van der Waals surface area contributed by atoms with Crippen LogP contribution in [0.1, 0.15) is 25.3 Å². The number of benzene rings is 1. The molecule has 1 aromatic rings. The van der Waals surface area contributed by atoms with Crippen LogP contribution in [-0.4, -0.2) is 17.8 Å². The van der Waals surface area contributed by atoms with Crippen molar-refractivity contribution in [1.29, 1.82) is 0 Å². The molecule has 2 heteroatoms. The lowest BCUT2D eigenvalue weighted by Gasteiger charge is -2.07. The van der Waals surface area contributed by atoms with Gasteiger partial charge in [0, 0.05) is 0 Å². The molecule has 1 unspecified atom stereocenters. The van der Waals surface area contributed by atoms with Crippen LogP contribution in [0.25, 0.3) is 0 Å². The maximum Gasteiger partial charge on any atom is 0.0954 e. The summed E-state index contributed by atoms with van der Waals surface area (Å²) in [5.41, 5.74) is 1.13. The Labute approximate surface area is 97.6 Å². The number of allylic oxidation sites excluding steroid dienone is 1. The van der Waals surface area contributed by atoms with Crippen LogP contribution >= 0.6 is 0 Å². The highest BCUT2D eigenvalue weighted by Gasteiger charge is 1.98. The number of rotatable bonds is 7. The first kappa shape index (κ1) is 12.9. The van der Waals surface area contributed by atoms with Gasteiger partial charge in [0.1, 0.15) is 0 Å². The Bertz CT molecular complexity index is 293. The van der Waals surface area contributed by atoms with E-state index in [1.807, 2.05) is 36.4 Å².